The second-order valence-corrected chi connectivity index (χ2v) is 9.73. The molecule has 0 fully saturated rings. The summed E-state index contributed by atoms with van der Waals surface area (Å²) in [5.74, 6) is -2.46. The SMILES string of the molecule is Cc1c(NS(=O)(=O)c2cccc(C(=O)OCC(=O)c3ccccc3F)c2)c(=O)n(-c2ccccc2)n1C. The highest BCUT2D eigenvalue weighted by Gasteiger charge is 2.24. The number of hydrogen-bond donors (Lipinski definition) is 1. The van der Waals surface area contributed by atoms with Crippen LogP contribution in [0.25, 0.3) is 5.69 Å². The number of sulfonamides is 1. The molecule has 9 nitrogen and oxygen atoms in total. The van der Waals surface area contributed by atoms with Gasteiger partial charge in [0.1, 0.15) is 11.5 Å². The Hall–Kier alpha value is -4.51. The highest BCUT2D eigenvalue weighted by molar-refractivity contribution is 7.92. The van der Waals surface area contributed by atoms with E-state index in [0.717, 1.165) is 12.1 Å². The lowest BCUT2D eigenvalue weighted by Crippen LogP contribution is -2.23. The molecule has 1 heterocycles. The zero-order chi connectivity index (χ0) is 26.7. The number of nitrogens with one attached hydrogen (secondary N) is 1. The van der Waals surface area contributed by atoms with E-state index in [1.165, 1.54) is 45.8 Å². The molecule has 190 valence electrons. The minimum Gasteiger partial charge on any atom is -0.454 e. The summed E-state index contributed by atoms with van der Waals surface area (Å²) in [5.41, 5.74) is -0.157. The van der Waals surface area contributed by atoms with Gasteiger partial charge in [-0.3, -0.25) is 19.0 Å². The van der Waals surface area contributed by atoms with Gasteiger partial charge in [-0.25, -0.2) is 22.3 Å². The first kappa shape index (κ1) is 25.6. The van der Waals surface area contributed by atoms with Crippen molar-refractivity contribution in [3.8, 4) is 5.69 Å². The molecule has 0 aliphatic rings. The molecule has 0 radical (unpaired) electrons. The second kappa shape index (κ2) is 10.2. The van der Waals surface area contributed by atoms with Gasteiger partial charge in [0.25, 0.3) is 15.6 Å². The van der Waals surface area contributed by atoms with Crippen LogP contribution < -0.4 is 10.3 Å². The quantitative estimate of drug-likeness (QED) is 0.279. The van der Waals surface area contributed by atoms with E-state index in [2.05, 4.69) is 4.72 Å². The van der Waals surface area contributed by atoms with Crippen LogP contribution in [0.3, 0.4) is 0 Å². The molecule has 0 bridgehead atoms. The topological polar surface area (TPSA) is 116 Å². The molecule has 0 spiro atoms. The lowest BCUT2D eigenvalue weighted by molar-refractivity contribution is 0.0473. The summed E-state index contributed by atoms with van der Waals surface area (Å²) in [7, 11) is -2.66. The van der Waals surface area contributed by atoms with Gasteiger partial charge >= 0.3 is 5.97 Å². The Morgan fingerprint density at radius 3 is 2.35 bits per heavy atom. The number of carbonyl (C=O) groups is 2. The van der Waals surface area contributed by atoms with E-state index in [0.29, 0.717) is 11.4 Å². The Labute approximate surface area is 211 Å². The second-order valence-electron chi connectivity index (χ2n) is 8.05. The maximum Gasteiger partial charge on any atom is 0.338 e. The van der Waals surface area contributed by atoms with Crippen molar-refractivity contribution in [2.75, 3.05) is 11.3 Å². The van der Waals surface area contributed by atoms with Gasteiger partial charge in [-0.2, -0.15) is 0 Å². The predicted octanol–water partition coefficient (Wildman–Crippen LogP) is 3.46. The number of halogens is 1. The largest absolute Gasteiger partial charge is 0.454 e. The van der Waals surface area contributed by atoms with E-state index < -0.39 is 39.8 Å². The summed E-state index contributed by atoms with van der Waals surface area (Å²) < 4.78 is 50.1. The zero-order valence-electron chi connectivity index (χ0n) is 19.8. The molecular weight excluding hydrogens is 501 g/mol. The minimum absolute atomic E-state index is 0.143. The average molecular weight is 524 g/mol. The van der Waals surface area contributed by atoms with Gasteiger partial charge in [0, 0.05) is 7.05 Å². The first-order valence-corrected chi connectivity index (χ1v) is 12.5. The number of benzene rings is 3. The summed E-state index contributed by atoms with van der Waals surface area (Å²) in [6.07, 6.45) is 0. The normalized spacial score (nSPS) is 11.2. The molecule has 11 heteroatoms. The molecule has 0 aliphatic heterocycles. The Bertz CT molecular complexity index is 1660. The number of para-hydroxylation sites is 1. The van der Waals surface area contributed by atoms with E-state index >= 15 is 0 Å². The van der Waals surface area contributed by atoms with Gasteiger partial charge in [0.2, 0.25) is 5.78 Å². The van der Waals surface area contributed by atoms with Crippen LogP contribution in [0, 0.1) is 12.7 Å². The van der Waals surface area contributed by atoms with Crippen molar-refractivity contribution in [2.24, 2.45) is 7.05 Å². The van der Waals surface area contributed by atoms with Gasteiger partial charge in [0.15, 0.2) is 6.61 Å². The molecule has 0 saturated heterocycles. The van der Waals surface area contributed by atoms with Crippen molar-refractivity contribution in [1.82, 2.24) is 9.36 Å². The molecule has 1 N–H and O–H groups in total. The molecule has 0 unspecified atom stereocenters. The maximum atomic E-state index is 13.8. The molecule has 3 aromatic carbocycles. The van der Waals surface area contributed by atoms with Gasteiger partial charge in [0.05, 0.1) is 27.4 Å². The van der Waals surface area contributed by atoms with Crippen molar-refractivity contribution in [3.05, 3.63) is 112 Å². The molecule has 0 amide bonds. The Morgan fingerprint density at radius 1 is 0.973 bits per heavy atom. The monoisotopic (exact) mass is 523 g/mol. The fourth-order valence-corrected chi connectivity index (χ4v) is 4.81. The Morgan fingerprint density at radius 2 is 1.65 bits per heavy atom. The van der Waals surface area contributed by atoms with Gasteiger partial charge in [-0.1, -0.05) is 36.4 Å². The number of Topliss-reactive ketones (excluding diaryl/α,β-unsaturated/α-hetero) is 1. The van der Waals surface area contributed by atoms with Crippen LogP contribution in [0.1, 0.15) is 26.4 Å². The lowest BCUT2D eigenvalue weighted by atomic mass is 10.1. The number of nitrogens with zero attached hydrogens (tertiary/aromatic N) is 2. The van der Waals surface area contributed by atoms with E-state index in [1.807, 2.05) is 0 Å². The zero-order valence-corrected chi connectivity index (χ0v) is 20.7. The first-order chi connectivity index (χ1) is 17.6. The average Bonchev–Trinajstić information content (AvgIpc) is 3.10. The number of ketones is 1. The molecule has 1 aromatic heterocycles. The molecule has 4 aromatic rings. The molecule has 37 heavy (non-hydrogen) atoms. The van der Waals surface area contributed by atoms with Crippen LogP contribution in [0.2, 0.25) is 0 Å². The Balaban J connectivity index is 1.55. The fourth-order valence-electron chi connectivity index (χ4n) is 3.65. The summed E-state index contributed by atoms with van der Waals surface area (Å²) in [6.45, 7) is 0.871. The molecule has 0 aliphatic carbocycles. The fraction of sp³-hybridized carbons (Fsp3) is 0.115. The smallest absolute Gasteiger partial charge is 0.338 e. The van der Waals surface area contributed by atoms with Gasteiger partial charge < -0.3 is 4.74 Å². The molecule has 0 saturated carbocycles. The van der Waals surface area contributed by atoms with Crippen molar-refractivity contribution in [3.63, 3.8) is 0 Å². The van der Waals surface area contributed by atoms with Crippen molar-refractivity contribution in [1.29, 1.82) is 0 Å². The lowest BCUT2D eigenvalue weighted by Gasteiger charge is -2.09. The van der Waals surface area contributed by atoms with E-state index in [4.69, 9.17) is 4.74 Å². The predicted molar refractivity (Wildman–Crippen MR) is 134 cm³/mol. The standard InChI is InChI=1S/C26H22FN3O6S/c1-17-24(25(32)30(29(17)2)19-10-4-3-5-11-19)28-37(34,35)20-12-8-9-18(15-20)26(33)36-16-23(31)21-13-6-7-14-22(21)27/h3-15,28H,16H2,1-2H3. The van der Waals surface area contributed by atoms with Crippen LogP contribution in [0.15, 0.2) is 88.6 Å². The van der Waals surface area contributed by atoms with E-state index in [9.17, 15) is 27.2 Å². The highest BCUT2D eigenvalue weighted by atomic mass is 32.2. The van der Waals surface area contributed by atoms with Crippen molar-refractivity contribution in [2.45, 2.75) is 11.8 Å². The number of ether oxygens (including phenoxy) is 1. The third-order valence-electron chi connectivity index (χ3n) is 5.68. The summed E-state index contributed by atoms with van der Waals surface area (Å²) in [5, 5.41) is 0. The van der Waals surface area contributed by atoms with Crippen molar-refractivity contribution >= 4 is 27.5 Å². The van der Waals surface area contributed by atoms with Crippen molar-refractivity contribution < 1.29 is 27.1 Å². The molecule has 4 rings (SSSR count). The minimum atomic E-state index is -4.28. The number of rotatable bonds is 8. The van der Waals surface area contributed by atoms with Crippen LogP contribution in [0.5, 0.6) is 0 Å². The van der Waals surface area contributed by atoms with Crippen LogP contribution in [0.4, 0.5) is 10.1 Å². The third kappa shape index (κ3) is 5.21. The molecule has 0 atom stereocenters. The number of esters is 1. The third-order valence-corrected chi connectivity index (χ3v) is 7.03. The van der Waals surface area contributed by atoms with E-state index in [-0.39, 0.29) is 21.7 Å². The Kier molecular flexibility index (Phi) is 7.07. The number of carbonyl (C=O) groups excluding carboxylic acids is 2. The summed E-state index contributed by atoms with van der Waals surface area (Å²) >= 11 is 0. The highest BCUT2D eigenvalue weighted by Crippen LogP contribution is 2.20. The van der Waals surface area contributed by atoms with Crippen LogP contribution >= 0.6 is 0 Å². The molecular formula is C26H22FN3O6S. The number of hydrogen-bond acceptors (Lipinski definition) is 6. The first-order valence-electron chi connectivity index (χ1n) is 11.0. The van der Waals surface area contributed by atoms with Gasteiger partial charge in [-0.05, 0) is 49.4 Å². The number of aromatic nitrogens is 2. The van der Waals surface area contributed by atoms with E-state index in [1.54, 1.807) is 44.3 Å². The summed E-state index contributed by atoms with van der Waals surface area (Å²) in [6, 6.07) is 18.9. The van der Waals surface area contributed by atoms with Gasteiger partial charge in [-0.15, -0.1) is 0 Å². The maximum absolute atomic E-state index is 13.8. The number of anilines is 1. The van der Waals surface area contributed by atoms with Crippen LogP contribution in [-0.2, 0) is 21.8 Å². The van der Waals surface area contributed by atoms with Crippen LogP contribution in [-0.4, -0.2) is 36.1 Å². The summed E-state index contributed by atoms with van der Waals surface area (Å²) in [4.78, 5) is 37.4.